The summed E-state index contributed by atoms with van der Waals surface area (Å²) in [6.45, 7) is 0. The molecule has 19 heavy (non-hydrogen) atoms. The molecule has 2 rings (SSSR count). The van der Waals surface area contributed by atoms with Crippen molar-refractivity contribution in [2.24, 2.45) is 0 Å². The number of benzene rings is 2. The molecule has 98 valence electrons. The monoisotopic (exact) mass is 279 g/mol. The topological polar surface area (TPSA) is 38.3 Å². The summed E-state index contributed by atoms with van der Waals surface area (Å²) < 4.78 is 18.6. The van der Waals surface area contributed by atoms with Gasteiger partial charge in [0.25, 0.3) is 5.91 Å². The van der Waals surface area contributed by atoms with Crippen LogP contribution in [0, 0.1) is 5.82 Å². The van der Waals surface area contributed by atoms with Crippen molar-refractivity contribution in [1.29, 1.82) is 0 Å². The molecule has 5 heteroatoms. The molecule has 0 unspecified atom stereocenters. The second-order valence-electron chi connectivity index (χ2n) is 3.81. The largest absolute Gasteiger partial charge is 0.497 e. The van der Waals surface area contributed by atoms with E-state index in [0.29, 0.717) is 11.4 Å². The summed E-state index contributed by atoms with van der Waals surface area (Å²) in [5.41, 5.74) is 0.464. The van der Waals surface area contributed by atoms with Crippen LogP contribution in [-0.2, 0) is 0 Å². The van der Waals surface area contributed by atoms with E-state index in [-0.39, 0.29) is 10.6 Å². The van der Waals surface area contributed by atoms with Gasteiger partial charge in [-0.15, -0.1) is 0 Å². The van der Waals surface area contributed by atoms with Gasteiger partial charge in [-0.25, -0.2) is 4.39 Å². The SMILES string of the molecule is COc1cccc(NC(=O)c2ccc(Cl)cc2F)c1. The molecule has 2 aromatic rings. The molecule has 0 saturated heterocycles. The lowest BCUT2D eigenvalue weighted by Gasteiger charge is -2.07. The number of anilines is 1. The first-order chi connectivity index (χ1) is 9.10. The second kappa shape index (κ2) is 5.71. The highest BCUT2D eigenvalue weighted by Crippen LogP contribution is 2.19. The van der Waals surface area contributed by atoms with Crippen LogP contribution in [0.15, 0.2) is 42.5 Å². The summed E-state index contributed by atoms with van der Waals surface area (Å²) in [6.07, 6.45) is 0. The minimum atomic E-state index is -0.659. The lowest BCUT2D eigenvalue weighted by Crippen LogP contribution is -2.13. The van der Waals surface area contributed by atoms with Gasteiger partial charge in [0.15, 0.2) is 0 Å². The third-order valence-corrected chi connectivity index (χ3v) is 2.74. The average molecular weight is 280 g/mol. The van der Waals surface area contributed by atoms with Gasteiger partial charge in [-0.1, -0.05) is 17.7 Å². The van der Waals surface area contributed by atoms with E-state index >= 15 is 0 Å². The molecule has 0 aliphatic heterocycles. The van der Waals surface area contributed by atoms with Gasteiger partial charge in [-0.2, -0.15) is 0 Å². The van der Waals surface area contributed by atoms with Crippen molar-refractivity contribution >= 4 is 23.2 Å². The minimum Gasteiger partial charge on any atom is -0.497 e. The molecule has 0 aliphatic rings. The highest BCUT2D eigenvalue weighted by Gasteiger charge is 2.12. The third kappa shape index (κ3) is 3.23. The first kappa shape index (κ1) is 13.4. The Morgan fingerprint density at radius 3 is 2.74 bits per heavy atom. The Labute approximate surface area is 115 Å². The standard InChI is InChI=1S/C14H11ClFNO2/c1-19-11-4-2-3-10(8-11)17-14(18)12-6-5-9(15)7-13(12)16/h2-8H,1H3,(H,17,18). The van der Waals surface area contributed by atoms with Crippen molar-refractivity contribution in [2.45, 2.75) is 0 Å². The molecule has 0 bridgehead atoms. The number of hydrogen-bond donors (Lipinski definition) is 1. The summed E-state index contributed by atoms with van der Waals surface area (Å²) in [5, 5.41) is 2.84. The normalized spacial score (nSPS) is 10.1. The van der Waals surface area contributed by atoms with Crippen molar-refractivity contribution in [1.82, 2.24) is 0 Å². The van der Waals surface area contributed by atoms with E-state index in [9.17, 15) is 9.18 Å². The van der Waals surface area contributed by atoms with Crippen LogP contribution in [0.3, 0.4) is 0 Å². The average Bonchev–Trinajstić information content (AvgIpc) is 2.38. The van der Waals surface area contributed by atoms with E-state index in [1.807, 2.05) is 0 Å². The molecular formula is C14H11ClFNO2. The smallest absolute Gasteiger partial charge is 0.258 e. The van der Waals surface area contributed by atoms with Crippen molar-refractivity contribution < 1.29 is 13.9 Å². The Morgan fingerprint density at radius 1 is 1.26 bits per heavy atom. The number of rotatable bonds is 3. The van der Waals surface area contributed by atoms with E-state index in [2.05, 4.69) is 5.32 Å². The predicted molar refractivity (Wildman–Crippen MR) is 72.4 cm³/mol. The van der Waals surface area contributed by atoms with Crippen molar-refractivity contribution in [3.63, 3.8) is 0 Å². The van der Waals surface area contributed by atoms with Crippen LogP contribution in [-0.4, -0.2) is 13.0 Å². The van der Waals surface area contributed by atoms with Crippen LogP contribution in [0.5, 0.6) is 5.75 Å². The molecule has 0 fully saturated rings. The highest BCUT2D eigenvalue weighted by atomic mass is 35.5. The Morgan fingerprint density at radius 2 is 2.05 bits per heavy atom. The molecule has 0 atom stereocenters. The second-order valence-corrected chi connectivity index (χ2v) is 4.25. The quantitative estimate of drug-likeness (QED) is 0.929. The molecule has 0 spiro atoms. The fourth-order valence-corrected chi connectivity index (χ4v) is 1.73. The summed E-state index contributed by atoms with van der Waals surface area (Å²) in [7, 11) is 1.53. The van der Waals surface area contributed by atoms with Gasteiger partial charge < -0.3 is 10.1 Å². The van der Waals surface area contributed by atoms with Crippen LogP contribution in [0.2, 0.25) is 5.02 Å². The fraction of sp³-hybridized carbons (Fsp3) is 0.0714. The molecule has 0 heterocycles. The van der Waals surface area contributed by atoms with Crippen LogP contribution < -0.4 is 10.1 Å². The summed E-state index contributed by atoms with van der Waals surface area (Å²) in [6, 6.07) is 10.7. The van der Waals surface area contributed by atoms with Crippen LogP contribution in [0.1, 0.15) is 10.4 Å². The van der Waals surface area contributed by atoms with Crippen LogP contribution >= 0.6 is 11.6 Å². The maximum atomic E-state index is 13.6. The zero-order valence-electron chi connectivity index (χ0n) is 10.1. The summed E-state index contributed by atoms with van der Waals surface area (Å²) in [4.78, 5) is 11.9. The first-order valence-corrected chi connectivity index (χ1v) is 5.88. The maximum absolute atomic E-state index is 13.6. The molecular weight excluding hydrogens is 269 g/mol. The Balaban J connectivity index is 2.20. The van der Waals surface area contributed by atoms with Crippen molar-refractivity contribution in [2.75, 3.05) is 12.4 Å². The lowest BCUT2D eigenvalue weighted by molar-refractivity contribution is 0.102. The number of methoxy groups -OCH3 is 1. The first-order valence-electron chi connectivity index (χ1n) is 5.50. The van der Waals surface area contributed by atoms with Gasteiger partial charge in [-0.05, 0) is 30.3 Å². The van der Waals surface area contributed by atoms with E-state index in [4.69, 9.17) is 16.3 Å². The number of nitrogens with one attached hydrogen (secondary N) is 1. The van der Waals surface area contributed by atoms with Gasteiger partial charge >= 0.3 is 0 Å². The van der Waals surface area contributed by atoms with Gasteiger partial charge in [0, 0.05) is 16.8 Å². The Hall–Kier alpha value is -2.07. The van der Waals surface area contributed by atoms with Gasteiger partial charge in [0.2, 0.25) is 0 Å². The van der Waals surface area contributed by atoms with Gasteiger partial charge in [-0.3, -0.25) is 4.79 Å². The molecule has 0 saturated carbocycles. The molecule has 0 aromatic heterocycles. The number of amides is 1. The van der Waals surface area contributed by atoms with Crippen molar-refractivity contribution in [3.8, 4) is 5.75 Å². The zero-order valence-corrected chi connectivity index (χ0v) is 10.9. The number of halogens is 2. The third-order valence-electron chi connectivity index (χ3n) is 2.50. The molecule has 1 N–H and O–H groups in total. The molecule has 0 aliphatic carbocycles. The maximum Gasteiger partial charge on any atom is 0.258 e. The van der Waals surface area contributed by atoms with E-state index in [0.717, 1.165) is 6.07 Å². The number of carbonyl (C=O) groups excluding carboxylic acids is 1. The number of carbonyl (C=O) groups is 1. The Kier molecular flexibility index (Phi) is 4.02. The van der Waals surface area contributed by atoms with E-state index in [1.165, 1.54) is 19.2 Å². The van der Waals surface area contributed by atoms with Gasteiger partial charge in [0.05, 0.1) is 12.7 Å². The predicted octanol–water partition coefficient (Wildman–Crippen LogP) is 3.74. The fourth-order valence-electron chi connectivity index (χ4n) is 1.57. The summed E-state index contributed by atoms with van der Waals surface area (Å²) >= 11 is 5.63. The summed E-state index contributed by atoms with van der Waals surface area (Å²) in [5.74, 6) is -0.593. The zero-order chi connectivity index (χ0) is 13.8. The highest BCUT2D eigenvalue weighted by molar-refractivity contribution is 6.30. The van der Waals surface area contributed by atoms with Crippen molar-refractivity contribution in [3.05, 3.63) is 58.9 Å². The molecule has 0 radical (unpaired) electrons. The minimum absolute atomic E-state index is 0.0628. The number of ether oxygens (including phenoxy) is 1. The van der Waals surface area contributed by atoms with E-state index < -0.39 is 11.7 Å². The molecule has 2 aromatic carbocycles. The van der Waals surface area contributed by atoms with Gasteiger partial charge in [0.1, 0.15) is 11.6 Å². The molecule has 1 amide bonds. The van der Waals surface area contributed by atoms with Crippen LogP contribution in [0.25, 0.3) is 0 Å². The Bertz CT molecular complexity index is 616. The number of hydrogen-bond acceptors (Lipinski definition) is 2. The lowest BCUT2D eigenvalue weighted by atomic mass is 10.2. The van der Waals surface area contributed by atoms with E-state index in [1.54, 1.807) is 24.3 Å². The molecule has 3 nitrogen and oxygen atoms in total. The van der Waals surface area contributed by atoms with Crippen LogP contribution in [0.4, 0.5) is 10.1 Å².